The number of amides is 1. The van der Waals surface area contributed by atoms with Gasteiger partial charge >= 0.3 is 0 Å². The molecular formula is C18H14N2O2S. The predicted octanol–water partition coefficient (Wildman–Crippen LogP) is 3.70. The smallest absolute Gasteiger partial charge is 0.231 e. The van der Waals surface area contributed by atoms with Gasteiger partial charge in [0.1, 0.15) is 10.8 Å². The third-order valence-corrected chi connectivity index (χ3v) is 4.97. The monoisotopic (exact) mass is 322 g/mol. The van der Waals surface area contributed by atoms with Gasteiger partial charge in [0.2, 0.25) is 5.91 Å². The van der Waals surface area contributed by atoms with Gasteiger partial charge < -0.3 is 10.0 Å². The minimum Gasteiger partial charge on any atom is -0.507 e. The number of likely N-dealkylation sites (N-methyl/N-ethyl adjacent to an activating group) is 1. The summed E-state index contributed by atoms with van der Waals surface area (Å²) in [5.41, 5.74) is 4.59. The summed E-state index contributed by atoms with van der Waals surface area (Å²) in [6.07, 6.45) is 0.441. The average molecular weight is 322 g/mol. The number of hydrogen-bond acceptors (Lipinski definition) is 4. The Kier molecular flexibility index (Phi) is 3.16. The molecule has 2 aromatic carbocycles. The summed E-state index contributed by atoms with van der Waals surface area (Å²) in [5.74, 6) is 0.347. The highest BCUT2D eigenvalue weighted by Crippen LogP contribution is 2.36. The first-order valence-electron chi connectivity index (χ1n) is 7.27. The molecule has 0 saturated heterocycles. The Balaban J connectivity index is 1.72. The highest BCUT2D eigenvalue weighted by Gasteiger charge is 2.24. The molecule has 0 aliphatic carbocycles. The van der Waals surface area contributed by atoms with E-state index < -0.39 is 0 Å². The molecule has 1 amide bonds. The lowest BCUT2D eigenvalue weighted by molar-refractivity contribution is -0.117. The number of phenolic OH excluding ortho intramolecular Hbond substituents is 1. The number of carbonyl (C=O) groups is 1. The van der Waals surface area contributed by atoms with Crippen LogP contribution in [0.2, 0.25) is 0 Å². The maximum atomic E-state index is 11.8. The number of nitrogens with zero attached hydrogens (tertiary/aromatic N) is 2. The van der Waals surface area contributed by atoms with Crippen LogP contribution in [0.25, 0.3) is 21.8 Å². The first-order chi connectivity index (χ1) is 11.1. The number of phenols is 1. The largest absolute Gasteiger partial charge is 0.507 e. The Morgan fingerprint density at radius 2 is 2.04 bits per heavy atom. The van der Waals surface area contributed by atoms with E-state index in [1.54, 1.807) is 24.1 Å². The van der Waals surface area contributed by atoms with Gasteiger partial charge in [-0.05, 0) is 29.8 Å². The van der Waals surface area contributed by atoms with Gasteiger partial charge in [-0.3, -0.25) is 4.79 Å². The van der Waals surface area contributed by atoms with E-state index in [0.717, 1.165) is 33.1 Å². The molecule has 2 heterocycles. The Morgan fingerprint density at radius 3 is 2.87 bits per heavy atom. The Bertz CT molecular complexity index is 917. The molecule has 0 atom stereocenters. The zero-order valence-corrected chi connectivity index (χ0v) is 13.3. The molecule has 0 spiro atoms. The Hall–Kier alpha value is -2.66. The fourth-order valence-corrected chi connectivity index (χ4v) is 3.68. The molecule has 1 aliphatic heterocycles. The lowest BCUT2D eigenvalue weighted by atomic mass is 10.1. The number of aromatic hydroxyl groups is 1. The van der Waals surface area contributed by atoms with Crippen molar-refractivity contribution in [3.63, 3.8) is 0 Å². The van der Waals surface area contributed by atoms with E-state index in [4.69, 9.17) is 0 Å². The number of rotatable bonds is 2. The summed E-state index contributed by atoms with van der Waals surface area (Å²) >= 11 is 1.50. The van der Waals surface area contributed by atoms with Gasteiger partial charge in [0.15, 0.2) is 0 Å². The lowest BCUT2D eigenvalue weighted by Gasteiger charge is -2.09. The molecule has 5 heteroatoms. The lowest BCUT2D eigenvalue weighted by Crippen LogP contribution is -2.20. The maximum absolute atomic E-state index is 11.8. The number of thiazole rings is 1. The van der Waals surface area contributed by atoms with E-state index in [0.29, 0.717) is 6.42 Å². The number of fused-ring (bicyclic) bond motifs is 1. The van der Waals surface area contributed by atoms with Crippen molar-refractivity contribution in [2.45, 2.75) is 6.42 Å². The van der Waals surface area contributed by atoms with Crippen molar-refractivity contribution < 1.29 is 9.90 Å². The summed E-state index contributed by atoms with van der Waals surface area (Å²) in [6, 6.07) is 13.2. The second-order valence-electron chi connectivity index (χ2n) is 5.53. The van der Waals surface area contributed by atoms with Gasteiger partial charge in [-0.1, -0.05) is 18.2 Å². The number of benzene rings is 2. The van der Waals surface area contributed by atoms with E-state index in [1.807, 2.05) is 35.7 Å². The summed E-state index contributed by atoms with van der Waals surface area (Å²) in [4.78, 5) is 18.1. The van der Waals surface area contributed by atoms with Crippen molar-refractivity contribution in [2.24, 2.45) is 0 Å². The number of anilines is 1. The second kappa shape index (κ2) is 5.21. The number of aromatic nitrogens is 1. The molecule has 0 saturated carbocycles. The zero-order chi connectivity index (χ0) is 16.0. The fourth-order valence-electron chi connectivity index (χ4n) is 2.81. The van der Waals surface area contributed by atoms with Gasteiger partial charge in [-0.2, -0.15) is 0 Å². The molecule has 4 rings (SSSR count). The molecule has 23 heavy (non-hydrogen) atoms. The van der Waals surface area contributed by atoms with Crippen LogP contribution in [0.5, 0.6) is 5.75 Å². The maximum Gasteiger partial charge on any atom is 0.231 e. The molecule has 0 fully saturated rings. The first-order valence-corrected chi connectivity index (χ1v) is 8.15. The first kappa shape index (κ1) is 14.0. The van der Waals surface area contributed by atoms with Crippen LogP contribution >= 0.6 is 11.3 Å². The third-order valence-electron chi connectivity index (χ3n) is 4.09. The van der Waals surface area contributed by atoms with Crippen LogP contribution in [0.3, 0.4) is 0 Å². The molecule has 0 radical (unpaired) electrons. The van der Waals surface area contributed by atoms with Crippen molar-refractivity contribution in [1.29, 1.82) is 0 Å². The van der Waals surface area contributed by atoms with Crippen LogP contribution in [-0.2, 0) is 11.2 Å². The standard InChI is InChI=1S/C18H14N2O2S/c1-20-15-7-6-11(8-12(15)9-17(20)22)14-10-23-18(19-14)13-4-2-3-5-16(13)21/h2-8,10,21H,9H2,1H3. The fraction of sp³-hybridized carbons (Fsp3) is 0.111. The topological polar surface area (TPSA) is 53.4 Å². The molecule has 1 aromatic heterocycles. The normalized spacial score (nSPS) is 13.4. The van der Waals surface area contributed by atoms with Crippen molar-refractivity contribution >= 4 is 22.9 Å². The number of hydrogen-bond donors (Lipinski definition) is 1. The number of carbonyl (C=O) groups excluding carboxylic acids is 1. The van der Waals surface area contributed by atoms with Crippen LogP contribution in [-0.4, -0.2) is 23.0 Å². The van der Waals surface area contributed by atoms with Crippen LogP contribution < -0.4 is 4.90 Å². The van der Waals surface area contributed by atoms with Gasteiger partial charge in [-0.25, -0.2) is 4.98 Å². The zero-order valence-electron chi connectivity index (χ0n) is 12.5. The summed E-state index contributed by atoms with van der Waals surface area (Å²) in [5, 5.41) is 12.7. The molecule has 0 bridgehead atoms. The highest BCUT2D eigenvalue weighted by molar-refractivity contribution is 7.13. The van der Waals surface area contributed by atoms with Crippen LogP contribution in [0.4, 0.5) is 5.69 Å². The quantitative estimate of drug-likeness (QED) is 0.782. The SMILES string of the molecule is CN1C(=O)Cc2cc(-c3csc(-c4ccccc4O)n3)ccc21. The molecule has 4 nitrogen and oxygen atoms in total. The van der Waals surface area contributed by atoms with Gasteiger partial charge in [0.25, 0.3) is 0 Å². The second-order valence-corrected chi connectivity index (χ2v) is 6.39. The molecule has 1 aliphatic rings. The van der Waals surface area contributed by atoms with Crippen LogP contribution in [0.15, 0.2) is 47.8 Å². The van der Waals surface area contributed by atoms with Gasteiger partial charge in [0, 0.05) is 23.7 Å². The minimum absolute atomic E-state index is 0.116. The van der Waals surface area contributed by atoms with E-state index in [9.17, 15) is 9.90 Å². The molecular weight excluding hydrogens is 308 g/mol. The highest BCUT2D eigenvalue weighted by atomic mass is 32.1. The third kappa shape index (κ3) is 2.29. The average Bonchev–Trinajstić information content (AvgIpc) is 3.14. The summed E-state index contributed by atoms with van der Waals surface area (Å²) < 4.78 is 0. The molecule has 114 valence electrons. The minimum atomic E-state index is 0.116. The Morgan fingerprint density at radius 1 is 1.22 bits per heavy atom. The van der Waals surface area contributed by atoms with E-state index >= 15 is 0 Å². The van der Waals surface area contributed by atoms with Gasteiger partial charge in [-0.15, -0.1) is 11.3 Å². The molecule has 0 unspecified atom stereocenters. The van der Waals surface area contributed by atoms with Gasteiger partial charge in [0.05, 0.1) is 17.7 Å². The number of para-hydroxylation sites is 1. The van der Waals surface area contributed by atoms with E-state index in [2.05, 4.69) is 4.98 Å². The predicted molar refractivity (Wildman–Crippen MR) is 91.8 cm³/mol. The van der Waals surface area contributed by atoms with Crippen LogP contribution in [0, 0.1) is 0 Å². The van der Waals surface area contributed by atoms with E-state index in [1.165, 1.54) is 11.3 Å². The summed E-state index contributed by atoms with van der Waals surface area (Å²) in [6.45, 7) is 0. The van der Waals surface area contributed by atoms with Crippen molar-refractivity contribution in [3.05, 3.63) is 53.4 Å². The van der Waals surface area contributed by atoms with Crippen LogP contribution in [0.1, 0.15) is 5.56 Å². The van der Waals surface area contributed by atoms with E-state index in [-0.39, 0.29) is 11.7 Å². The van der Waals surface area contributed by atoms with Crippen molar-refractivity contribution in [2.75, 3.05) is 11.9 Å². The van der Waals surface area contributed by atoms with Crippen molar-refractivity contribution in [3.8, 4) is 27.6 Å². The Labute approximate surface area is 137 Å². The summed E-state index contributed by atoms with van der Waals surface area (Å²) in [7, 11) is 1.80. The molecule has 1 N–H and O–H groups in total. The van der Waals surface area contributed by atoms with Crippen molar-refractivity contribution in [1.82, 2.24) is 4.98 Å². The molecule has 3 aromatic rings.